The summed E-state index contributed by atoms with van der Waals surface area (Å²) in [6, 6.07) is 12.2. The van der Waals surface area contributed by atoms with Crippen LogP contribution in [0.25, 0.3) is 16.7 Å². The summed E-state index contributed by atoms with van der Waals surface area (Å²) in [4.78, 5) is 26.4. The number of pyridine rings is 1. The van der Waals surface area contributed by atoms with Crippen molar-refractivity contribution >= 4 is 42.7 Å². The van der Waals surface area contributed by atoms with E-state index in [0.717, 1.165) is 0 Å². The van der Waals surface area contributed by atoms with Crippen LogP contribution in [-0.2, 0) is 14.0 Å². The molecule has 14 heteroatoms. The van der Waals surface area contributed by atoms with Crippen molar-refractivity contribution < 1.29 is 18.7 Å². The van der Waals surface area contributed by atoms with E-state index in [-0.39, 0.29) is 24.4 Å². The minimum atomic E-state index is -2.13. The Morgan fingerprint density at radius 2 is 1.68 bits per heavy atom. The molecule has 0 aliphatic carbocycles. The van der Waals surface area contributed by atoms with Crippen molar-refractivity contribution in [3.05, 3.63) is 65.2 Å². The van der Waals surface area contributed by atoms with Gasteiger partial charge in [-0.25, -0.2) is 19.6 Å². The quantitative estimate of drug-likeness (QED) is 0.144. The van der Waals surface area contributed by atoms with Gasteiger partial charge < -0.3 is 19.2 Å². The molecule has 0 bridgehead atoms. The molecule has 4 rings (SSSR count). The molecule has 0 aliphatic rings. The third kappa shape index (κ3) is 7.77. The normalized spacial score (nSPS) is 13.0. The Labute approximate surface area is 280 Å². The number of ether oxygens (including phenoxy) is 2. The molecule has 1 N–H and O–H groups in total. The maximum Gasteiger partial charge on any atom is 0.269 e. The van der Waals surface area contributed by atoms with E-state index in [0.29, 0.717) is 56.1 Å². The molecule has 1 aromatic carbocycles. The fraction of sp³-hybridized carbons (Fsp3) is 0.424. The zero-order chi connectivity index (χ0) is 34.3. The number of benzene rings is 1. The van der Waals surface area contributed by atoms with E-state index in [2.05, 4.69) is 73.0 Å². The number of carbonyl (C=O) groups excluding carboxylic acids is 1. The number of anilines is 1. The van der Waals surface area contributed by atoms with Gasteiger partial charge in [-0.2, -0.15) is 15.6 Å². The molecule has 0 radical (unpaired) electrons. The van der Waals surface area contributed by atoms with Crippen molar-refractivity contribution in [2.75, 3.05) is 18.5 Å². The minimum Gasteiger partial charge on any atom is -0.461 e. The summed E-state index contributed by atoms with van der Waals surface area (Å²) in [7, 11) is -2.13. The molecule has 4 aromatic rings. The summed E-state index contributed by atoms with van der Waals surface area (Å²) in [5.74, 6) is -0.218. The van der Waals surface area contributed by atoms with Gasteiger partial charge in [-0.15, -0.1) is 0 Å². The van der Waals surface area contributed by atoms with E-state index in [1.165, 1.54) is 29.5 Å². The highest BCUT2D eigenvalue weighted by atomic mass is 35.5. The van der Waals surface area contributed by atoms with E-state index in [4.69, 9.17) is 30.8 Å². The lowest BCUT2D eigenvalue weighted by Crippen LogP contribution is -2.49. The van der Waals surface area contributed by atoms with E-state index < -0.39 is 20.3 Å². The number of carbonyl (C=O) groups is 1. The van der Waals surface area contributed by atoms with E-state index in [1.54, 1.807) is 24.3 Å². The third-order valence-corrected chi connectivity index (χ3v) is 14.5. The molecule has 47 heavy (non-hydrogen) atoms. The standard InChI is InChI=1S/C33H39ClN8O4Si/c1-20(2)47(21(3)4,22(5)6)45-17-23(7)44-18-28(32(43)41-29-12-11-24(13-35)15-37-29)46-33-26-16-40-42(31(26)38-19-39-33)30-25(14-36)9-8-10-27(30)34/h8-12,15-16,19-23,28H,17-18H2,1-7H3,(H,37,41,43)/t23?,28-/m0/s1. The number of halogens is 1. The predicted octanol–water partition coefficient (Wildman–Crippen LogP) is 6.59. The maximum atomic E-state index is 13.6. The molecule has 3 aromatic heterocycles. The first kappa shape index (κ1) is 35.5. The van der Waals surface area contributed by atoms with Crippen molar-refractivity contribution in [3.63, 3.8) is 0 Å². The Bertz CT molecular complexity index is 1760. The van der Waals surface area contributed by atoms with Gasteiger partial charge in [0.15, 0.2) is 14.0 Å². The van der Waals surface area contributed by atoms with Gasteiger partial charge in [-0.1, -0.05) is 59.2 Å². The fourth-order valence-corrected chi connectivity index (χ4v) is 11.8. The molecule has 0 saturated carbocycles. The van der Waals surface area contributed by atoms with E-state index in [9.17, 15) is 10.1 Å². The summed E-state index contributed by atoms with van der Waals surface area (Å²) in [6.45, 7) is 15.5. The van der Waals surface area contributed by atoms with Gasteiger partial charge in [0.25, 0.3) is 5.91 Å². The molecule has 0 spiro atoms. The van der Waals surface area contributed by atoms with E-state index in [1.807, 2.05) is 13.0 Å². The molecule has 2 atom stereocenters. The van der Waals surface area contributed by atoms with Crippen LogP contribution in [0.15, 0.2) is 49.1 Å². The van der Waals surface area contributed by atoms with Crippen LogP contribution in [0.3, 0.4) is 0 Å². The van der Waals surface area contributed by atoms with Crippen LogP contribution >= 0.6 is 11.6 Å². The average Bonchev–Trinajstić information content (AvgIpc) is 3.47. The lowest BCUT2D eigenvalue weighted by atomic mass is 10.2. The highest BCUT2D eigenvalue weighted by molar-refractivity contribution is 6.77. The number of hydrogen-bond donors (Lipinski definition) is 1. The Morgan fingerprint density at radius 3 is 2.30 bits per heavy atom. The number of para-hydroxylation sites is 1. The molecule has 12 nitrogen and oxygen atoms in total. The van der Waals surface area contributed by atoms with Crippen LogP contribution < -0.4 is 10.1 Å². The highest BCUT2D eigenvalue weighted by Gasteiger charge is 2.45. The molecule has 3 heterocycles. The summed E-state index contributed by atoms with van der Waals surface area (Å²) in [6.07, 6.45) is 2.61. The highest BCUT2D eigenvalue weighted by Crippen LogP contribution is 2.42. The molecule has 246 valence electrons. The van der Waals surface area contributed by atoms with Crippen LogP contribution in [0.4, 0.5) is 5.82 Å². The monoisotopic (exact) mass is 674 g/mol. The van der Waals surface area contributed by atoms with Gasteiger partial charge >= 0.3 is 0 Å². The van der Waals surface area contributed by atoms with Crippen molar-refractivity contribution in [2.24, 2.45) is 0 Å². The summed E-state index contributed by atoms with van der Waals surface area (Å²) >= 11 is 6.45. The summed E-state index contributed by atoms with van der Waals surface area (Å²) in [5, 5.41) is 26.6. The second kappa shape index (κ2) is 15.5. The number of amides is 1. The zero-order valence-electron chi connectivity index (χ0n) is 27.6. The van der Waals surface area contributed by atoms with Crippen LogP contribution in [0, 0.1) is 22.7 Å². The maximum absolute atomic E-state index is 13.6. The largest absolute Gasteiger partial charge is 0.461 e. The Kier molecular flexibility index (Phi) is 11.7. The van der Waals surface area contributed by atoms with E-state index >= 15 is 0 Å². The van der Waals surface area contributed by atoms with Gasteiger partial charge in [0.2, 0.25) is 12.0 Å². The van der Waals surface area contributed by atoms with Crippen molar-refractivity contribution in [3.8, 4) is 23.7 Å². The first-order valence-corrected chi connectivity index (χ1v) is 17.9. The van der Waals surface area contributed by atoms with Crippen LogP contribution in [0.2, 0.25) is 21.6 Å². The van der Waals surface area contributed by atoms with Crippen molar-refractivity contribution in [2.45, 2.75) is 77.3 Å². The first-order valence-electron chi connectivity index (χ1n) is 15.4. The van der Waals surface area contributed by atoms with Crippen molar-refractivity contribution in [1.29, 1.82) is 10.5 Å². The van der Waals surface area contributed by atoms with Crippen LogP contribution in [0.1, 0.15) is 59.6 Å². The topological polar surface area (TPSA) is 161 Å². The Morgan fingerprint density at radius 1 is 0.957 bits per heavy atom. The minimum absolute atomic E-state index is 0.0816. The Hall–Kier alpha value is -4.40. The molecule has 1 unspecified atom stereocenters. The molecule has 0 fully saturated rings. The molecule has 1 amide bonds. The fourth-order valence-electron chi connectivity index (χ4n) is 6.00. The SMILES string of the molecule is CC(CO[Si](C(C)C)(C(C)C)C(C)C)OC[C@H](Oc1ncnc2c1cnn2-c1c(Cl)cccc1C#N)C(=O)Nc1ccc(C#N)cn1. The zero-order valence-corrected chi connectivity index (χ0v) is 29.3. The number of hydrogen-bond acceptors (Lipinski definition) is 10. The summed E-state index contributed by atoms with van der Waals surface area (Å²) in [5.41, 5.74) is 2.58. The third-order valence-electron chi connectivity index (χ3n) is 8.15. The lowest BCUT2D eigenvalue weighted by Gasteiger charge is -2.42. The second-order valence-electron chi connectivity index (χ2n) is 12.1. The average molecular weight is 675 g/mol. The summed E-state index contributed by atoms with van der Waals surface area (Å²) < 4.78 is 20.5. The number of aromatic nitrogens is 5. The number of fused-ring (bicyclic) bond motifs is 1. The molecular weight excluding hydrogens is 636 g/mol. The van der Waals surface area contributed by atoms with Gasteiger partial charge in [0.05, 0.1) is 41.7 Å². The van der Waals surface area contributed by atoms with Crippen LogP contribution in [-0.4, -0.2) is 64.4 Å². The first-order chi connectivity index (χ1) is 22.4. The second-order valence-corrected chi connectivity index (χ2v) is 18.0. The smallest absolute Gasteiger partial charge is 0.269 e. The number of rotatable bonds is 14. The number of nitrogens with one attached hydrogen (secondary N) is 1. The number of nitrogens with zero attached hydrogens (tertiary/aromatic N) is 7. The molecular formula is C33H39ClN8O4Si. The predicted molar refractivity (Wildman–Crippen MR) is 181 cm³/mol. The van der Waals surface area contributed by atoms with Gasteiger partial charge in [-0.05, 0) is 47.8 Å². The van der Waals surface area contributed by atoms with Gasteiger partial charge in [0, 0.05) is 6.20 Å². The molecule has 0 aliphatic heterocycles. The Balaban J connectivity index is 1.60. The van der Waals surface area contributed by atoms with Crippen molar-refractivity contribution in [1.82, 2.24) is 24.7 Å². The van der Waals surface area contributed by atoms with Gasteiger partial charge in [-0.3, -0.25) is 4.79 Å². The lowest BCUT2D eigenvalue weighted by molar-refractivity contribution is -0.127. The number of nitriles is 2. The molecule has 0 saturated heterocycles. The van der Waals surface area contributed by atoms with Gasteiger partial charge in [0.1, 0.15) is 35.4 Å². The van der Waals surface area contributed by atoms with Crippen LogP contribution in [0.5, 0.6) is 5.88 Å².